The van der Waals surface area contributed by atoms with Crippen LogP contribution < -0.4 is 11.1 Å². The van der Waals surface area contributed by atoms with E-state index in [1.54, 1.807) is 0 Å². The Morgan fingerprint density at radius 3 is 3.09 bits per heavy atom. The summed E-state index contributed by atoms with van der Waals surface area (Å²) in [6.07, 6.45) is 1.24. The number of nitrogens with one attached hydrogen (secondary N) is 1. The topological polar surface area (TPSA) is 58.3 Å². The molecule has 1 rings (SSSR count). The fraction of sp³-hybridized carbons (Fsp3) is 1.00. The molecule has 0 spiro atoms. The molecule has 0 amide bonds. The lowest BCUT2D eigenvalue weighted by molar-refractivity contribution is 0.275. The van der Waals surface area contributed by atoms with Gasteiger partial charge in [-0.05, 0) is 13.0 Å². The Balaban J connectivity index is 2.01. The van der Waals surface area contributed by atoms with Gasteiger partial charge in [-0.15, -0.1) is 0 Å². The molecule has 1 saturated heterocycles. The zero-order chi connectivity index (χ0) is 8.10. The number of rotatable bonds is 4. The summed E-state index contributed by atoms with van der Waals surface area (Å²) in [5, 5.41) is 12.7. The molecule has 0 radical (unpaired) electrons. The van der Waals surface area contributed by atoms with Crippen LogP contribution in [0.15, 0.2) is 0 Å². The second-order valence-electron chi connectivity index (χ2n) is 2.89. The van der Waals surface area contributed by atoms with Crippen LogP contribution in [0.4, 0.5) is 0 Å². The maximum Gasteiger partial charge on any atom is 0.0590 e. The molecule has 1 fully saturated rings. The van der Waals surface area contributed by atoms with E-state index < -0.39 is 0 Å². The van der Waals surface area contributed by atoms with Crippen LogP contribution in [0.1, 0.15) is 6.42 Å². The molecule has 1 aliphatic heterocycles. The van der Waals surface area contributed by atoms with Crippen LogP contribution in [0.5, 0.6) is 0 Å². The van der Waals surface area contributed by atoms with Crippen molar-refractivity contribution >= 4 is 11.8 Å². The quantitative estimate of drug-likeness (QED) is 0.535. The van der Waals surface area contributed by atoms with Gasteiger partial charge in [0.25, 0.3) is 0 Å². The van der Waals surface area contributed by atoms with Crippen molar-refractivity contribution in [1.29, 1.82) is 0 Å². The van der Waals surface area contributed by atoms with Crippen LogP contribution in [-0.4, -0.2) is 41.8 Å². The van der Waals surface area contributed by atoms with Crippen molar-refractivity contribution in [2.45, 2.75) is 17.7 Å². The third-order valence-electron chi connectivity index (χ3n) is 1.80. The van der Waals surface area contributed by atoms with Gasteiger partial charge < -0.3 is 16.2 Å². The summed E-state index contributed by atoms with van der Waals surface area (Å²) in [7, 11) is 0. The molecule has 4 heteroatoms. The second-order valence-corrected chi connectivity index (χ2v) is 4.22. The van der Waals surface area contributed by atoms with Gasteiger partial charge in [0.05, 0.1) is 6.61 Å². The summed E-state index contributed by atoms with van der Waals surface area (Å²) in [6, 6.07) is -0.0411. The van der Waals surface area contributed by atoms with Crippen LogP contribution in [0.2, 0.25) is 0 Å². The first-order chi connectivity index (χ1) is 5.33. The molecule has 2 atom stereocenters. The lowest BCUT2D eigenvalue weighted by Crippen LogP contribution is -2.28. The van der Waals surface area contributed by atoms with Crippen LogP contribution >= 0.6 is 11.8 Å². The SMILES string of the molecule is NC(CO)CS[C@@H]1CCNC1. The molecule has 1 unspecified atom stereocenters. The van der Waals surface area contributed by atoms with Gasteiger partial charge >= 0.3 is 0 Å². The van der Waals surface area contributed by atoms with Gasteiger partial charge in [0.15, 0.2) is 0 Å². The third kappa shape index (κ3) is 3.42. The minimum absolute atomic E-state index is 0.0411. The predicted octanol–water partition coefficient (Wildman–Crippen LogP) is -0.599. The summed E-state index contributed by atoms with van der Waals surface area (Å²) < 4.78 is 0. The number of aliphatic hydroxyl groups is 1. The van der Waals surface area contributed by atoms with E-state index in [1.165, 1.54) is 6.42 Å². The highest BCUT2D eigenvalue weighted by Gasteiger charge is 2.15. The molecule has 0 aliphatic carbocycles. The number of aliphatic hydroxyl groups excluding tert-OH is 1. The Bertz CT molecular complexity index is 107. The number of nitrogens with two attached hydrogens (primary N) is 1. The number of hydrogen-bond acceptors (Lipinski definition) is 4. The van der Waals surface area contributed by atoms with Gasteiger partial charge in [-0.25, -0.2) is 0 Å². The van der Waals surface area contributed by atoms with Crippen molar-refractivity contribution in [3.63, 3.8) is 0 Å². The summed E-state index contributed by atoms with van der Waals surface area (Å²) in [5.41, 5.74) is 5.56. The third-order valence-corrected chi connectivity index (χ3v) is 3.29. The number of thioether (sulfide) groups is 1. The van der Waals surface area contributed by atoms with Crippen LogP contribution in [0, 0.1) is 0 Å². The first-order valence-electron chi connectivity index (χ1n) is 4.01. The van der Waals surface area contributed by atoms with Gasteiger partial charge in [0.1, 0.15) is 0 Å². The van der Waals surface area contributed by atoms with Crippen molar-refractivity contribution in [3.8, 4) is 0 Å². The van der Waals surface area contributed by atoms with Gasteiger partial charge in [-0.1, -0.05) is 0 Å². The van der Waals surface area contributed by atoms with Crippen molar-refractivity contribution in [2.75, 3.05) is 25.4 Å². The Hall–Kier alpha value is 0.230. The molecule has 3 nitrogen and oxygen atoms in total. The van der Waals surface area contributed by atoms with Gasteiger partial charge in [0, 0.05) is 23.6 Å². The number of hydrogen-bond donors (Lipinski definition) is 3. The molecule has 4 N–H and O–H groups in total. The van der Waals surface area contributed by atoms with Gasteiger partial charge in [-0.2, -0.15) is 11.8 Å². The Kier molecular flexibility index (Phi) is 4.22. The Morgan fingerprint density at radius 2 is 2.55 bits per heavy atom. The van der Waals surface area contributed by atoms with E-state index >= 15 is 0 Å². The van der Waals surface area contributed by atoms with Gasteiger partial charge in [-0.3, -0.25) is 0 Å². The largest absolute Gasteiger partial charge is 0.395 e. The lowest BCUT2D eigenvalue weighted by atomic mass is 10.4. The van der Waals surface area contributed by atoms with E-state index in [0.29, 0.717) is 5.25 Å². The average Bonchev–Trinajstić information content (AvgIpc) is 2.52. The Morgan fingerprint density at radius 1 is 1.73 bits per heavy atom. The van der Waals surface area contributed by atoms with E-state index in [2.05, 4.69) is 5.32 Å². The summed E-state index contributed by atoms with van der Waals surface area (Å²) >= 11 is 1.87. The highest BCUT2D eigenvalue weighted by Crippen LogP contribution is 2.17. The molecular formula is C7H16N2OS. The summed E-state index contributed by atoms with van der Waals surface area (Å²) in [5.74, 6) is 0.878. The molecule has 1 heterocycles. The molecule has 0 aromatic heterocycles. The maximum atomic E-state index is 8.65. The van der Waals surface area contributed by atoms with E-state index in [-0.39, 0.29) is 12.6 Å². The van der Waals surface area contributed by atoms with E-state index in [0.717, 1.165) is 18.8 Å². The second kappa shape index (κ2) is 4.98. The monoisotopic (exact) mass is 176 g/mol. The summed E-state index contributed by atoms with van der Waals surface area (Å²) in [6.45, 7) is 2.34. The molecule has 11 heavy (non-hydrogen) atoms. The van der Waals surface area contributed by atoms with E-state index in [9.17, 15) is 0 Å². The zero-order valence-electron chi connectivity index (χ0n) is 6.62. The fourth-order valence-corrected chi connectivity index (χ4v) is 2.23. The molecule has 0 aromatic rings. The van der Waals surface area contributed by atoms with E-state index in [4.69, 9.17) is 10.8 Å². The van der Waals surface area contributed by atoms with Crippen molar-refractivity contribution in [2.24, 2.45) is 5.73 Å². The minimum atomic E-state index is -0.0411. The lowest BCUT2D eigenvalue weighted by Gasteiger charge is -2.11. The highest BCUT2D eigenvalue weighted by atomic mass is 32.2. The van der Waals surface area contributed by atoms with Crippen LogP contribution in [0.3, 0.4) is 0 Å². The average molecular weight is 176 g/mol. The first-order valence-corrected chi connectivity index (χ1v) is 5.06. The zero-order valence-corrected chi connectivity index (χ0v) is 7.44. The minimum Gasteiger partial charge on any atom is -0.395 e. The van der Waals surface area contributed by atoms with Gasteiger partial charge in [0.2, 0.25) is 0 Å². The Labute approximate surface area is 71.7 Å². The molecular weight excluding hydrogens is 160 g/mol. The summed E-state index contributed by atoms with van der Waals surface area (Å²) in [4.78, 5) is 0. The standard InChI is InChI=1S/C7H16N2OS/c8-6(4-10)5-11-7-1-2-9-3-7/h6-7,9-10H,1-5,8H2/t6?,7-/m1/s1. The van der Waals surface area contributed by atoms with E-state index in [1.807, 2.05) is 11.8 Å². The smallest absolute Gasteiger partial charge is 0.0590 e. The van der Waals surface area contributed by atoms with Crippen LogP contribution in [0.25, 0.3) is 0 Å². The predicted molar refractivity (Wildman–Crippen MR) is 48.8 cm³/mol. The van der Waals surface area contributed by atoms with Crippen molar-refractivity contribution in [3.05, 3.63) is 0 Å². The maximum absolute atomic E-state index is 8.65. The fourth-order valence-electron chi connectivity index (χ4n) is 1.08. The van der Waals surface area contributed by atoms with Crippen molar-refractivity contribution in [1.82, 2.24) is 5.32 Å². The van der Waals surface area contributed by atoms with Crippen molar-refractivity contribution < 1.29 is 5.11 Å². The first kappa shape index (κ1) is 9.32. The molecule has 0 aromatic carbocycles. The molecule has 0 bridgehead atoms. The molecule has 0 saturated carbocycles. The normalized spacial score (nSPS) is 27.3. The highest BCUT2D eigenvalue weighted by molar-refractivity contribution is 8.00. The molecule has 1 aliphatic rings. The van der Waals surface area contributed by atoms with Crippen LogP contribution in [-0.2, 0) is 0 Å². The molecule has 66 valence electrons.